The van der Waals surface area contributed by atoms with E-state index in [0.29, 0.717) is 18.7 Å². The molecule has 90 valence electrons. The summed E-state index contributed by atoms with van der Waals surface area (Å²) in [7, 11) is 0. The van der Waals surface area contributed by atoms with Gasteiger partial charge in [0.2, 0.25) is 0 Å². The van der Waals surface area contributed by atoms with E-state index in [0.717, 1.165) is 12.2 Å². The summed E-state index contributed by atoms with van der Waals surface area (Å²) in [5.41, 5.74) is 0.560. The maximum Gasteiger partial charge on any atom is 0.123 e. The average molecular weight is 235 g/mol. The Morgan fingerprint density at radius 3 is 2.94 bits per heavy atom. The van der Waals surface area contributed by atoms with E-state index < -0.39 is 0 Å². The molecule has 1 aromatic carbocycles. The summed E-state index contributed by atoms with van der Waals surface area (Å²) in [6, 6.07) is 7.67. The van der Waals surface area contributed by atoms with E-state index in [2.05, 4.69) is 5.32 Å². The van der Waals surface area contributed by atoms with Crippen molar-refractivity contribution in [2.24, 2.45) is 0 Å². The van der Waals surface area contributed by atoms with Gasteiger partial charge in [-0.3, -0.25) is 0 Å². The zero-order valence-corrected chi connectivity index (χ0v) is 9.32. The van der Waals surface area contributed by atoms with Crippen LogP contribution in [0.5, 0.6) is 5.75 Å². The Balaban J connectivity index is 1.80. The SMILES string of the molecule is Oc1ccc(F)cc1CNCCc1ccco1. The van der Waals surface area contributed by atoms with E-state index in [1.54, 1.807) is 6.26 Å². The zero-order valence-electron chi connectivity index (χ0n) is 9.32. The molecule has 0 spiro atoms. The van der Waals surface area contributed by atoms with Gasteiger partial charge in [-0.05, 0) is 30.3 Å². The van der Waals surface area contributed by atoms with Gasteiger partial charge in [0.25, 0.3) is 0 Å². The molecule has 0 bridgehead atoms. The van der Waals surface area contributed by atoms with Crippen molar-refractivity contribution in [1.29, 1.82) is 0 Å². The number of hydrogen-bond acceptors (Lipinski definition) is 3. The molecule has 2 aromatic rings. The van der Waals surface area contributed by atoms with Gasteiger partial charge in [0, 0.05) is 25.1 Å². The van der Waals surface area contributed by atoms with Crippen LogP contribution in [0.1, 0.15) is 11.3 Å². The summed E-state index contributed by atoms with van der Waals surface area (Å²) < 4.78 is 18.1. The molecule has 1 heterocycles. The Morgan fingerprint density at radius 2 is 2.18 bits per heavy atom. The highest BCUT2D eigenvalue weighted by Crippen LogP contribution is 2.17. The average Bonchev–Trinajstić information content (AvgIpc) is 2.82. The molecule has 0 unspecified atom stereocenters. The molecular formula is C13H14FNO2. The molecule has 0 saturated carbocycles. The molecule has 0 atom stereocenters. The quantitative estimate of drug-likeness (QED) is 0.782. The summed E-state index contributed by atoms with van der Waals surface area (Å²) in [5, 5.41) is 12.6. The lowest BCUT2D eigenvalue weighted by Crippen LogP contribution is -2.16. The highest BCUT2D eigenvalue weighted by atomic mass is 19.1. The number of nitrogens with one attached hydrogen (secondary N) is 1. The minimum absolute atomic E-state index is 0.108. The van der Waals surface area contributed by atoms with Gasteiger partial charge in [-0.1, -0.05) is 0 Å². The Kier molecular flexibility index (Phi) is 3.77. The largest absolute Gasteiger partial charge is 0.508 e. The number of aromatic hydroxyl groups is 1. The van der Waals surface area contributed by atoms with Crippen molar-refractivity contribution < 1.29 is 13.9 Å². The second kappa shape index (κ2) is 5.50. The van der Waals surface area contributed by atoms with Crippen molar-refractivity contribution in [1.82, 2.24) is 5.32 Å². The number of phenols is 1. The first-order valence-electron chi connectivity index (χ1n) is 5.46. The molecule has 3 nitrogen and oxygen atoms in total. The van der Waals surface area contributed by atoms with Crippen LogP contribution in [0.4, 0.5) is 4.39 Å². The van der Waals surface area contributed by atoms with Crippen molar-refractivity contribution in [2.75, 3.05) is 6.54 Å². The fourth-order valence-electron chi connectivity index (χ4n) is 1.59. The summed E-state index contributed by atoms with van der Waals surface area (Å²) in [6.07, 6.45) is 2.40. The van der Waals surface area contributed by atoms with Crippen LogP contribution in [0.15, 0.2) is 41.0 Å². The number of benzene rings is 1. The first-order chi connectivity index (χ1) is 8.25. The Labute approximate surface area is 98.9 Å². The van der Waals surface area contributed by atoms with Crippen molar-refractivity contribution in [2.45, 2.75) is 13.0 Å². The zero-order chi connectivity index (χ0) is 12.1. The fourth-order valence-corrected chi connectivity index (χ4v) is 1.59. The summed E-state index contributed by atoms with van der Waals surface area (Å²) in [5.74, 6) is 0.670. The van der Waals surface area contributed by atoms with Gasteiger partial charge < -0.3 is 14.8 Å². The van der Waals surface area contributed by atoms with Crippen LogP contribution < -0.4 is 5.32 Å². The van der Waals surface area contributed by atoms with E-state index in [1.807, 2.05) is 12.1 Å². The highest BCUT2D eigenvalue weighted by molar-refractivity contribution is 5.32. The molecule has 0 fully saturated rings. The third-order valence-electron chi connectivity index (χ3n) is 2.49. The maximum absolute atomic E-state index is 12.9. The molecule has 1 aromatic heterocycles. The number of halogens is 1. The van der Waals surface area contributed by atoms with Crippen LogP contribution in [0.3, 0.4) is 0 Å². The summed E-state index contributed by atoms with van der Waals surface area (Å²) in [6.45, 7) is 1.15. The second-order valence-electron chi connectivity index (χ2n) is 3.78. The van der Waals surface area contributed by atoms with Crippen molar-refractivity contribution in [3.8, 4) is 5.75 Å². The van der Waals surface area contributed by atoms with Gasteiger partial charge in [0.1, 0.15) is 17.3 Å². The van der Waals surface area contributed by atoms with E-state index in [-0.39, 0.29) is 11.6 Å². The normalized spacial score (nSPS) is 10.6. The standard InChI is InChI=1S/C13H14FNO2/c14-11-3-4-13(16)10(8-11)9-15-6-5-12-2-1-7-17-12/h1-4,7-8,15-16H,5-6,9H2. The van der Waals surface area contributed by atoms with Gasteiger partial charge in [0.15, 0.2) is 0 Å². The number of rotatable bonds is 5. The Morgan fingerprint density at radius 1 is 1.29 bits per heavy atom. The van der Waals surface area contributed by atoms with E-state index in [4.69, 9.17) is 4.42 Å². The second-order valence-corrected chi connectivity index (χ2v) is 3.78. The molecule has 2 N–H and O–H groups in total. The summed E-state index contributed by atoms with van der Waals surface area (Å²) in [4.78, 5) is 0. The molecule has 4 heteroatoms. The van der Waals surface area contributed by atoms with Crippen molar-refractivity contribution in [3.63, 3.8) is 0 Å². The lowest BCUT2D eigenvalue weighted by atomic mass is 10.2. The molecule has 0 radical (unpaired) electrons. The minimum atomic E-state index is -0.342. The monoisotopic (exact) mass is 235 g/mol. The first-order valence-corrected chi connectivity index (χ1v) is 5.46. The fraction of sp³-hybridized carbons (Fsp3) is 0.231. The summed E-state index contributed by atoms with van der Waals surface area (Å²) >= 11 is 0. The maximum atomic E-state index is 12.9. The molecule has 0 amide bonds. The van der Waals surface area contributed by atoms with E-state index >= 15 is 0 Å². The molecule has 0 saturated heterocycles. The van der Waals surface area contributed by atoms with Crippen LogP contribution in [-0.2, 0) is 13.0 Å². The van der Waals surface area contributed by atoms with E-state index in [1.165, 1.54) is 18.2 Å². The van der Waals surface area contributed by atoms with Gasteiger partial charge in [-0.15, -0.1) is 0 Å². The van der Waals surface area contributed by atoms with Gasteiger partial charge in [-0.25, -0.2) is 4.39 Å². The van der Waals surface area contributed by atoms with Crippen molar-refractivity contribution >= 4 is 0 Å². The van der Waals surface area contributed by atoms with Gasteiger partial charge in [-0.2, -0.15) is 0 Å². The third-order valence-corrected chi connectivity index (χ3v) is 2.49. The first kappa shape index (κ1) is 11.7. The topological polar surface area (TPSA) is 45.4 Å². The van der Waals surface area contributed by atoms with Crippen LogP contribution >= 0.6 is 0 Å². The molecular weight excluding hydrogens is 221 g/mol. The van der Waals surface area contributed by atoms with E-state index in [9.17, 15) is 9.50 Å². The number of phenolic OH excluding ortho intramolecular Hbond substituents is 1. The lowest BCUT2D eigenvalue weighted by Gasteiger charge is -2.06. The lowest BCUT2D eigenvalue weighted by molar-refractivity contribution is 0.459. The molecule has 0 aliphatic heterocycles. The number of furan rings is 1. The van der Waals surface area contributed by atoms with Gasteiger partial charge >= 0.3 is 0 Å². The third kappa shape index (κ3) is 3.32. The predicted octanol–water partition coefficient (Wildman–Crippen LogP) is 2.46. The smallest absolute Gasteiger partial charge is 0.123 e. The van der Waals surface area contributed by atoms with Gasteiger partial charge in [0.05, 0.1) is 6.26 Å². The predicted molar refractivity (Wildman–Crippen MR) is 62.2 cm³/mol. The molecule has 0 aliphatic rings. The highest BCUT2D eigenvalue weighted by Gasteiger charge is 2.02. The van der Waals surface area contributed by atoms with Crippen LogP contribution in [0.2, 0.25) is 0 Å². The Bertz CT molecular complexity index is 468. The van der Waals surface area contributed by atoms with Crippen LogP contribution in [0.25, 0.3) is 0 Å². The Hall–Kier alpha value is -1.81. The number of hydrogen-bond donors (Lipinski definition) is 2. The van der Waals surface area contributed by atoms with Crippen LogP contribution in [-0.4, -0.2) is 11.7 Å². The molecule has 17 heavy (non-hydrogen) atoms. The molecule has 2 rings (SSSR count). The molecule has 0 aliphatic carbocycles. The minimum Gasteiger partial charge on any atom is -0.508 e. The van der Waals surface area contributed by atoms with Crippen LogP contribution in [0, 0.1) is 5.82 Å². The van der Waals surface area contributed by atoms with Crippen molar-refractivity contribution in [3.05, 3.63) is 53.7 Å².